The van der Waals surface area contributed by atoms with Crippen molar-refractivity contribution in [3.8, 4) is 0 Å². The summed E-state index contributed by atoms with van der Waals surface area (Å²) in [4.78, 5) is 16.8. The Morgan fingerprint density at radius 3 is 2.87 bits per heavy atom. The number of rotatable bonds is 7. The molecule has 1 aliphatic rings. The fraction of sp³-hybridized carbons (Fsp3) is 0.444. The van der Waals surface area contributed by atoms with Crippen LogP contribution in [0.4, 0.5) is 0 Å². The van der Waals surface area contributed by atoms with Gasteiger partial charge in [0.2, 0.25) is 0 Å². The van der Waals surface area contributed by atoms with Gasteiger partial charge in [0, 0.05) is 37.3 Å². The fourth-order valence-electron chi connectivity index (χ4n) is 3.03. The molecule has 3 rings (SSSR count). The molecule has 1 aliphatic carbocycles. The molecule has 0 atom stereocenters. The summed E-state index contributed by atoms with van der Waals surface area (Å²) in [7, 11) is 1.69. The maximum absolute atomic E-state index is 12.4. The van der Waals surface area contributed by atoms with Crippen molar-refractivity contribution in [2.45, 2.75) is 43.0 Å². The van der Waals surface area contributed by atoms with Crippen LogP contribution >= 0.6 is 11.8 Å². The highest BCUT2D eigenvalue weighted by Gasteiger charge is 2.21. The summed E-state index contributed by atoms with van der Waals surface area (Å²) in [5.41, 5.74) is 3.62. The van der Waals surface area contributed by atoms with E-state index in [1.165, 1.54) is 16.8 Å². The van der Waals surface area contributed by atoms with Gasteiger partial charge < -0.3 is 4.74 Å². The van der Waals surface area contributed by atoms with Crippen LogP contribution in [0.2, 0.25) is 0 Å². The molecule has 122 valence electrons. The Labute approximate surface area is 140 Å². The largest absolute Gasteiger partial charge is 0.385 e. The molecule has 0 aliphatic heterocycles. The van der Waals surface area contributed by atoms with E-state index in [0.29, 0.717) is 13.2 Å². The summed E-state index contributed by atoms with van der Waals surface area (Å²) in [5, 5.41) is 0.925. The van der Waals surface area contributed by atoms with Crippen LogP contribution in [-0.4, -0.2) is 23.3 Å². The lowest BCUT2D eigenvalue weighted by Gasteiger charge is -2.14. The third kappa shape index (κ3) is 3.85. The maximum Gasteiger partial charge on any atom is 0.348 e. The third-order valence-corrected chi connectivity index (χ3v) is 5.24. The molecule has 0 unspecified atom stereocenters. The molecule has 1 heterocycles. The van der Waals surface area contributed by atoms with Crippen LogP contribution in [0, 0.1) is 0 Å². The Balaban J connectivity index is 1.81. The number of methoxy groups -OCH3 is 1. The van der Waals surface area contributed by atoms with Crippen molar-refractivity contribution in [1.82, 2.24) is 9.55 Å². The zero-order chi connectivity index (χ0) is 16.1. The van der Waals surface area contributed by atoms with Gasteiger partial charge >= 0.3 is 5.69 Å². The highest BCUT2D eigenvalue weighted by Crippen LogP contribution is 2.31. The summed E-state index contributed by atoms with van der Waals surface area (Å²) in [5.74, 6) is 0.855. The van der Waals surface area contributed by atoms with Gasteiger partial charge in [-0.15, -0.1) is 11.8 Å². The Morgan fingerprint density at radius 2 is 2.09 bits per heavy atom. The molecule has 0 radical (unpaired) electrons. The van der Waals surface area contributed by atoms with Crippen molar-refractivity contribution in [2.75, 3.05) is 13.7 Å². The Kier molecular flexibility index (Phi) is 5.51. The zero-order valence-corrected chi connectivity index (χ0v) is 14.3. The van der Waals surface area contributed by atoms with Crippen LogP contribution in [0.1, 0.15) is 29.7 Å². The van der Waals surface area contributed by atoms with E-state index >= 15 is 0 Å². The van der Waals surface area contributed by atoms with E-state index in [9.17, 15) is 4.79 Å². The molecule has 0 fully saturated rings. The van der Waals surface area contributed by atoms with Crippen LogP contribution < -0.4 is 5.69 Å². The molecule has 0 bridgehead atoms. The number of fused-ring (bicyclic) bond motifs is 1. The van der Waals surface area contributed by atoms with E-state index in [-0.39, 0.29) is 5.69 Å². The van der Waals surface area contributed by atoms with Crippen LogP contribution in [0.25, 0.3) is 0 Å². The molecule has 0 spiro atoms. The SMILES string of the molecule is COCCCn1c2c(c(SCc3ccccc3)nc1=O)CCC2. The highest BCUT2D eigenvalue weighted by atomic mass is 32.2. The standard InChI is InChI=1S/C18H22N2O2S/c1-22-12-6-11-20-16-10-5-9-15(16)17(19-18(20)21)23-13-14-7-3-2-4-8-14/h2-4,7-8H,5-6,9-13H2,1H3. The van der Waals surface area contributed by atoms with E-state index in [4.69, 9.17) is 4.74 Å². The lowest BCUT2D eigenvalue weighted by atomic mass is 10.2. The van der Waals surface area contributed by atoms with Gasteiger partial charge in [-0.2, -0.15) is 4.98 Å². The molecular weight excluding hydrogens is 308 g/mol. The molecular formula is C18H22N2O2S. The molecule has 0 N–H and O–H groups in total. The van der Waals surface area contributed by atoms with Gasteiger partial charge in [0.1, 0.15) is 5.03 Å². The fourth-order valence-corrected chi connectivity index (χ4v) is 4.06. The monoisotopic (exact) mass is 330 g/mol. The van der Waals surface area contributed by atoms with Crippen molar-refractivity contribution in [2.24, 2.45) is 0 Å². The second-order valence-corrected chi connectivity index (χ2v) is 6.71. The van der Waals surface area contributed by atoms with Crippen LogP contribution in [-0.2, 0) is 29.9 Å². The van der Waals surface area contributed by atoms with Crippen molar-refractivity contribution in [3.63, 3.8) is 0 Å². The highest BCUT2D eigenvalue weighted by molar-refractivity contribution is 7.98. The summed E-state index contributed by atoms with van der Waals surface area (Å²) >= 11 is 1.68. The molecule has 1 aromatic heterocycles. The van der Waals surface area contributed by atoms with E-state index < -0.39 is 0 Å². The predicted molar refractivity (Wildman–Crippen MR) is 93.0 cm³/mol. The number of ether oxygens (including phenoxy) is 1. The predicted octanol–water partition coefficient (Wildman–Crippen LogP) is 3.06. The van der Waals surface area contributed by atoms with Gasteiger partial charge in [0.15, 0.2) is 0 Å². The number of aromatic nitrogens is 2. The van der Waals surface area contributed by atoms with Crippen LogP contribution in [0.15, 0.2) is 40.2 Å². The minimum atomic E-state index is -0.114. The van der Waals surface area contributed by atoms with E-state index in [2.05, 4.69) is 17.1 Å². The van der Waals surface area contributed by atoms with Gasteiger partial charge in [0.05, 0.1) is 0 Å². The van der Waals surface area contributed by atoms with Gasteiger partial charge in [-0.1, -0.05) is 30.3 Å². The summed E-state index contributed by atoms with van der Waals surface area (Å²) in [6.07, 6.45) is 3.98. The molecule has 0 amide bonds. The first kappa shape index (κ1) is 16.3. The van der Waals surface area contributed by atoms with Crippen molar-refractivity contribution >= 4 is 11.8 Å². The number of thioether (sulfide) groups is 1. The first-order valence-electron chi connectivity index (χ1n) is 8.08. The van der Waals surface area contributed by atoms with Gasteiger partial charge in [-0.05, 0) is 31.2 Å². The van der Waals surface area contributed by atoms with Crippen LogP contribution in [0.3, 0.4) is 0 Å². The average molecular weight is 330 g/mol. The molecule has 23 heavy (non-hydrogen) atoms. The Bertz CT molecular complexity index is 713. The lowest BCUT2D eigenvalue weighted by Crippen LogP contribution is -2.27. The minimum Gasteiger partial charge on any atom is -0.385 e. The lowest BCUT2D eigenvalue weighted by molar-refractivity contribution is 0.189. The summed E-state index contributed by atoms with van der Waals surface area (Å²) in [6, 6.07) is 10.3. The Morgan fingerprint density at radius 1 is 1.26 bits per heavy atom. The van der Waals surface area contributed by atoms with Gasteiger partial charge in [0.25, 0.3) is 0 Å². The smallest absolute Gasteiger partial charge is 0.348 e. The molecule has 0 saturated carbocycles. The summed E-state index contributed by atoms with van der Waals surface area (Å²) in [6.45, 7) is 1.37. The number of hydrogen-bond acceptors (Lipinski definition) is 4. The molecule has 5 heteroatoms. The van der Waals surface area contributed by atoms with Gasteiger partial charge in [-0.25, -0.2) is 4.79 Å². The van der Waals surface area contributed by atoms with E-state index in [0.717, 1.165) is 36.5 Å². The second kappa shape index (κ2) is 7.79. The number of benzene rings is 1. The zero-order valence-electron chi connectivity index (χ0n) is 13.5. The van der Waals surface area contributed by atoms with E-state index in [1.807, 2.05) is 22.8 Å². The Hall–Kier alpha value is -1.59. The third-order valence-electron chi connectivity index (χ3n) is 4.15. The van der Waals surface area contributed by atoms with Crippen LogP contribution in [0.5, 0.6) is 0 Å². The quantitative estimate of drug-likeness (QED) is 0.445. The van der Waals surface area contributed by atoms with Crippen molar-refractivity contribution < 1.29 is 4.74 Å². The topological polar surface area (TPSA) is 44.1 Å². The van der Waals surface area contributed by atoms with Crippen molar-refractivity contribution in [1.29, 1.82) is 0 Å². The maximum atomic E-state index is 12.4. The molecule has 4 nitrogen and oxygen atoms in total. The number of nitrogens with zero attached hydrogens (tertiary/aromatic N) is 2. The first-order valence-corrected chi connectivity index (χ1v) is 9.06. The van der Waals surface area contributed by atoms with Crippen molar-refractivity contribution in [3.05, 3.63) is 57.6 Å². The first-order chi connectivity index (χ1) is 11.3. The molecule has 1 aromatic carbocycles. The molecule has 2 aromatic rings. The van der Waals surface area contributed by atoms with Gasteiger partial charge in [-0.3, -0.25) is 4.57 Å². The summed E-state index contributed by atoms with van der Waals surface area (Å²) < 4.78 is 6.95. The average Bonchev–Trinajstić information content (AvgIpc) is 3.06. The minimum absolute atomic E-state index is 0.114. The second-order valence-electron chi connectivity index (χ2n) is 5.75. The van der Waals surface area contributed by atoms with E-state index in [1.54, 1.807) is 18.9 Å². The molecule has 0 saturated heterocycles. The number of hydrogen-bond donors (Lipinski definition) is 0. The normalized spacial score (nSPS) is 13.3.